The number of carbonyl (C=O) groups is 1. The highest BCUT2D eigenvalue weighted by Crippen LogP contribution is 2.18. The van der Waals surface area contributed by atoms with Crippen molar-refractivity contribution in [2.24, 2.45) is 5.92 Å². The molecular formula is C11H15N5O2. The molecule has 0 fully saturated rings. The van der Waals surface area contributed by atoms with Gasteiger partial charge in [-0.2, -0.15) is 0 Å². The van der Waals surface area contributed by atoms with Gasteiger partial charge in [0.2, 0.25) is 0 Å². The molecule has 0 aliphatic carbocycles. The predicted molar refractivity (Wildman–Crippen MR) is 65.9 cm³/mol. The van der Waals surface area contributed by atoms with Gasteiger partial charge < -0.3 is 15.0 Å². The first-order chi connectivity index (χ1) is 8.63. The van der Waals surface area contributed by atoms with Gasteiger partial charge in [0.1, 0.15) is 17.9 Å². The van der Waals surface area contributed by atoms with Gasteiger partial charge in [-0.3, -0.25) is 0 Å². The molecule has 0 spiro atoms. The minimum Gasteiger partial charge on any atom is -0.467 e. The molecule has 0 radical (unpaired) electrons. The lowest BCUT2D eigenvalue weighted by Crippen LogP contribution is -2.35. The lowest BCUT2D eigenvalue weighted by Gasteiger charge is -2.20. The van der Waals surface area contributed by atoms with E-state index in [0.717, 1.165) is 0 Å². The third kappa shape index (κ3) is 2.24. The van der Waals surface area contributed by atoms with Crippen LogP contribution in [0.3, 0.4) is 0 Å². The Balaban J connectivity index is 2.31. The first kappa shape index (κ1) is 12.3. The Bertz CT molecular complexity index is 551. The fraction of sp³-hybridized carbons (Fsp3) is 0.455. The molecule has 2 rings (SSSR count). The lowest BCUT2D eigenvalue weighted by atomic mass is 10.0. The first-order valence-electron chi connectivity index (χ1n) is 5.62. The zero-order chi connectivity index (χ0) is 13.1. The molecule has 0 saturated carbocycles. The summed E-state index contributed by atoms with van der Waals surface area (Å²) in [4.78, 5) is 26.8. The van der Waals surface area contributed by atoms with Crippen LogP contribution in [0.1, 0.15) is 13.8 Å². The molecule has 1 unspecified atom stereocenters. The highest BCUT2D eigenvalue weighted by atomic mass is 16.5. The van der Waals surface area contributed by atoms with Gasteiger partial charge in [-0.1, -0.05) is 13.8 Å². The van der Waals surface area contributed by atoms with Crippen molar-refractivity contribution in [2.45, 2.75) is 19.9 Å². The van der Waals surface area contributed by atoms with Crippen molar-refractivity contribution < 1.29 is 9.53 Å². The van der Waals surface area contributed by atoms with Gasteiger partial charge in [-0.25, -0.2) is 19.7 Å². The number of hydrogen-bond acceptors (Lipinski definition) is 6. The second-order valence-electron chi connectivity index (χ2n) is 4.21. The molecule has 0 saturated heterocycles. The summed E-state index contributed by atoms with van der Waals surface area (Å²) in [5.74, 6) is 0.295. The van der Waals surface area contributed by atoms with E-state index in [4.69, 9.17) is 4.74 Å². The third-order valence-electron chi connectivity index (χ3n) is 2.64. The summed E-state index contributed by atoms with van der Waals surface area (Å²) in [5, 5.41) is 3.06. The van der Waals surface area contributed by atoms with Crippen molar-refractivity contribution >= 4 is 23.0 Å². The van der Waals surface area contributed by atoms with Crippen LogP contribution in [0.5, 0.6) is 0 Å². The van der Waals surface area contributed by atoms with E-state index in [2.05, 4.69) is 25.3 Å². The van der Waals surface area contributed by atoms with Gasteiger partial charge in [0.25, 0.3) is 0 Å². The Morgan fingerprint density at radius 1 is 1.39 bits per heavy atom. The van der Waals surface area contributed by atoms with Crippen molar-refractivity contribution in [3.63, 3.8) is 0 Å². The van der Waals surface area contributed by atoms with Crippen molar-refractivity contribution in [3.05, 3.63) is 12.7 Å². The number of imidazole rings is 1. The van der Waals surface area contributed by atoms with Gasteiger partial charge in [-0.15, -0.1) is 0 Å². The van der Waals surface area contributed by atoms with Crippen molar-refractivity contribution in [3.8, 4) is 0 Å². The predicted octanol–water partition coefficient (Wildman–Crippen LogP) is 0.962. The monoisotopic (exact) mass is 249 g/mol. The number of fused-ring (bicyclic) bond motifs is 1. The molecule has 0 aliphatic rings. The van der Waals surface area contributed by atoms with E-state index in [0.29, 0.717) is 17.0 Å². The van der Waals surface area contributed by atoms with Gasteiger partial charge in [-0.05, 0) is 5.92 Å². The van der Waals surface area contributed by atoms with E-state index in [9.17, 15) is 4.79 Å². The molecule has 2 aromatic heterocycles. The van der Waals surface area contributed by atoms with Gasteiger partial charge >= 0.3 is 5.97 Å². The van der Waals surface area contributed by atoms with Crippen LogP contribution in [0.25, 0.3) is 11.2 Å². The Morgan fingerprint density at radius 2 is 2.17 bits per heavy atom. The smallest absolute Gasteiger partial charge is 0.328 e. The molecule has 0 bridgehead atoms. The zero-order valence-electron chi connectivity index (χ0n) is 10.5. The quantitative estimate of drug-likeness (QED) is 0.784. The van der Waals surface area contributed by atoms with Crippen molar-refractivity contribution in [1.82, 2.24) is 19.9 Å². The second kappa shape index (κ2) is 4.99. The largest absolute Gasteiger partial charge is 0.467 e. The maximum absolute atomic E-state index is 11.7. The van der Waals surface area contributed by atoms with Gasteiger partial charge in [0, 0.05) is 0 Å². The number of esters is 1. The maximum atomic E-state index is 11.7. The fourth-order valence-electron chi connectivity index (χ4n) is 1.65. The summed E-state index contributed by atoms with van der Waals surface area (Å²) >= 11 is 0. The number of hydrogen-bond donors (Lipinski definition) is 2. The minimum absolute atomic E-state index is 0.0744. The molecular weight excluding hydrogens is 234 g/mol. The zero-order valence-corrected chi connectivity index (χ0v) is 10.5. The van der Waals surface area contributed by atoms with Crippen LogP contribution in [0.4, 0.5) is 5.82 Å². The van der Waals surface area contributed by atoms with Crippen LogP contribution in [-0.2, 0) is 9.53 Å². The van der Waals surface area contributed by atoms with Crippen LogP contribution < -0.4 is 5.32 Å². The number of nitrogens with zero attached hydrogens (tertiary/aromatic N) is 3. The standard InChI is InChI=1S/C11H15N5O2/c1-6(2)7(11(17)18-3)16-10-8-9(13-4-12-8)14-5-15-10/h4-7H,1-3H3,(H2,12,13,14,15,16). The summed E-state index contributed by atoms with van der Waals surface area (Å²) in [7, 11) is 1.37. The van der Waals surface area contributed by atoms with E-state index in [1.165, 1.54) is 19.8 Å². The van der Waals surface area contributed by atoms with E-state index in [1.807, 2.05) is 13.8 Å². The molecule has 96 valence electrons. The number of ether oxygens (including phenoxy) is 1. The summed E-state index contributed by atoms with van der Waals surface area (Å²) in [6.07, 6.45) is 2.94. The summed E-state index contributed by atoms with van der Waals surface area (Å²) in [5.41, 5.74) is 1.23. The first-order valence-corrected chi connectivity index (χ1v) is 5.62. The van der Waals surface area contributed by atoms with E-state index in [-0.39, 0.29) is 11.9 Å². The molecule has 0 amide bonds. The van der Waals surface area contributed by atoms with E-state index in [1.54, 1.807) is 0 Å². The molecule has 2 aromatic rings. The highest BCUT2D eigenvalue weighted by molar-refractivity contribution is 5.86. The summed E-state index contributed by atoms with van der Waals surface area (Å²) in [6.45, 7) is 3.86. The topological polar surface area (TPSA) is 92.8 Å². The molecule has 18 heavy (non-hydrogen) atoms. The van der Waals surface area contributed by atoms with E-state index < -0.39 is 6.04 Å². The number of methoxy groups -OCH3 is 1. The maximum Gasteiger partial charge on any atom is 0.328 e. The molecule has 0 aliphatic heterocycles. The minimum atomic E-state index is -0.462. The highest BCUT2D eigenvalue weighted by Gasteiger charge is 2.24. The molecule has 1 atom stereocenters. The molecule has 2 heterocycles. The van der Waals surface area contributed by atoms with Crippen LogP contribution in [0, 0.1) is 5.92 Å². The number of anilines is 1. The Labute approximate surface area is 104 Å². The number of aromatic amines is 1. The Kier molecular flexibility index (Phi) is 3.40. The Hall–Kier alpha value is -2.18. The van der Waals surface area contributed by atoms with Crippen molar-refractivity contribution in [2.75, 3.05) is 12.4 Å². The van der Waals surface area contributed by atoms with Crippen molar-refractivity contribution in [1.29, 1.82) is 0 Å². The normalized spacial score (nSPS) is 12.7. The number of H-pyrrole nitrogens is 1. The van der Waals surface area contributed by atoms with Crippen LogP contribution in [0.2, 0.25) is 0 Å². The fourth-order valence-corrected chi connectivity index (χ4v) is 1.65. The lowest BCUT2D eigenvalue weighted by molar-refractivity contribution is -0.142. The summed E-state index contributed by atoms with van der Waals surface area (Å²) < 4.78 is 4.77. The number of aromatic nitrogens is 4. The van der Waals surface area contributed by atoms with E-state index >= 15 is 0 Å². The number of rotatable bonds is 4. The molecule has 2 N–H and O–H groups in total. The van der Waals surface area contributed by atoms with Gasteiger partial charge in [0.05, 0.1) is 13.4 Å². The Morgan fingerprint density at radius 3 is 2.83 bits per heavy atom. The second-order valence-corrected chi connectivity index (χ2v) is 4.21. The average molecular weight is 249 g/mol. The van der Waals surface area contributed by atoms with Crippen LogP contribution in [-0.4, -0.2) is 39.1 Å². The average Bonchev–Trinajstić information content (AvgIpc) is 2.83. The molecule has 7 heteroatoms. The molecule has 7 nitrogen and oxygen atoms in total. The number of nitrogens with one attached hydrogen (secondary N) is 2. The van der Waals surface area contributed by atoms with Gasteiger partial charge in [0.15, 0.2) is 11.5 Å². The molecule has 0 aromatic carbocycles. The van der Waals surface area contributed by atoms with Crippen LogP contribution in [0.15, 0.2) is 12.7 Å². The van der Waals surface area contributed by atoms with Crippen LogP contribution >= 0.6 is 0 Å². The third-order valence-corrected chi connectivity index (χ3v) is 2.64. The number of carbonyl (C=O) groups excluding carboxylic acids is 1. The summed E-state index contributed by atoms with van der Waals surface area (Å²) in [6, 6.07) is -0.462. The SMILES string of the molecule is COC(=O)C(Nc1ncnc2nc[nH]c12)C(C)C.